The van der Waals surface area contributed by atoms with Crippen molar-refractivity contribution in [2.45, 2.75) is 25.3 Å². The summed E-state index contributed by atoms with van der Waals surface area (Å²) in [5.41, 5.74) is 5.53. The van der Waals surface area contributed by atoms with Crippen LogP contribution < -0.4 is 5.32 Å². The van der Waals surface area contributed by atoms with Crippen molar-refractivity contribution in [3.8, 4) is 17.1 Å². The van der Waals surface area contributed by atoms with Gasteiger partial charge in [-0.1, -0.05) is 54.6 Å². The van der Waals surface area contributed by atoms with E-state index in [0.717, 1.165) is 35.9 Å². The van der Waals surface area contributed by atoms with Gasteiger partial charge < -0.3 is 10.1 Å². The monoisotopic (exact) mass is 448 g/mol. The van der Waals surface area contributed by atoms with Crippen molar-refractivity contribution in [1.29, 1.82) is 0 Å². The summed E-state index contributed by atoms with van der Waals surface area (Å²) in [7, 11) is 0. The SMILES string of the molecule is O=CC1Cc2ccc(cc2)C/C=C\Cc2cccc(c2)-c2ccn(n2)-c2ncccc2C(=O)N1. The quantitative estimate of drug-likeness (QED) is 0.351. The second kappa shape index (κ2) is 9.67. The highest BCUT2D eigenvalue weighted by Crippen LogP contribution is 2.21. The predicted octanol–water partition coefficient (Wildman–Crippen LogP) is 4.13. The minimum Gasteiger partial charge on any atom is -0.342 e. The smallest absolute Gasteiger partial charge is 0.255 e. The lowest BCUT2D eigenvalue weighted by molar-refractivity contribution is -0.109. The van der Waals surface area contributed by atoms with Crippen LogP contribution in [0.4, 0.5) is 0 Å². The third-order valence-electron chi connectivity index (χ3n) is 5.89. The van der Waals surface area contributed by atoms with Gasteiger partial charge in [-0.3, -0.25) is 4.79 Å². The number of benzene rings is 2. The summed E-state index contributed by atoms with van der Waals surface area (Å²) < 4.78 is 1.60. The third kappa shape index (κ3) is 4.71. The Bertz CT molecular complexity index is 1350. The number of aromatic nitrogens is 3. The Morgan fingerprint density at radius 3 is 2.53 bits per heavy atom. The van der Waals surface area contributed by atoms with E-state index in [-0.39, 0.29) is 5.91 Å². The molecule has 6 nitrogen and oxygen atoms in total. The molecule has 1 atom stereocenters. The molecule has 2 aliphatic rings. The highest BCUT2D eigenvalue weighted by Gasteiger charge is 2.19. The van der Waals surface area contributed by atoms with E-state index in [9.17, 15) is 9.59 Å². The molecular formula is C28H24N4O2. The van der Waals surface area contributed by atoms with Crippen molar-refractivity contribution in [1.82, 2.24) is 20.1 Å². The van der Waals surface area contributed by atoms with Crippen LogP contribution in [0.25, 0.3) is 17.1 Å². The molecule has 1 amide bonds. The molecule has 6 rings (SSSR count). The van der Waals surface area contributed by atoms with Crippen molar-refractivity contribution in [2.75, 3.05) is 0 Å². The summed E-state index contributed by atoms with van der Waals surface area (Å²) in [5, 5.41) is 7.52. The maximum Gasteiger partial charge on any atom is 0.255 e. The molecule has 2 aromatic carbocycles. The van der Waals surface area contributed by atoms with Crippen LogP contribution >= 0.6 is 0 Å². The Morgan fingerprint density at radius 1 is 0.912 bits per heavy atom. The van der Waals surface area contributed by atoms with Crippen LogP contribution in [0.5, 0.6) is 0 Å². The second-order valence-corrected chi connectivity index (χ2v) is 8.34. The molecular weight excluding hydrogens is 424 g/mol. The average molecular weight is 449 g/mol. The van der Waals surface area contributed by atoms with Gasteiger partial charge in [-0.15, -0.1) is 0 Å². The number of nitrogens with zero attached hydrogens (tertiary/aromatic N) is 3. The molecule has 34 heavy (non-hydrogen) atoms. The van der Waals surface area contributed by atoms with Crippen LogP contribution in [0.15, 0.2) is 91.3 Å². The zero-order valence-electron chi connectivity index (χ0n) is 18.6. The lowest BCUT2D eigenvalue weighted by Gasteiger charge is -2.15. The lowest BCUT2D eigenvalue weighted by Crippen LogP contribution is -2.38. The summed E-state index contributed by atoms with van der Waals surface area (Å²) in [6.45, 7) is 0. The predicted molar refractivity (Wildman–Crippen MR) is 131 cm³/mol. The van der Waals surface area contributed by atoms with Crippen molar-refractivity contribution in [3.63, 3.8) is 0 Å². The number of carbonyl (C=O) groups excluding carboxylic acids is 2. The number of carbonyl (C=O) groups is 2. The fraction of sp³-hybridized carbons (Fsp3) is 0.143. The standard InChI is InChI=1S/C28H24N4O2/c33-19-24-18-22-12-10-20(11-13-22)5-1-2-6-21-7-3-8-23(17-21)26-14-16-32(31-26)27-25(28(34)30-24)9-4-15-29-27/h1-4,7-17,19,24H,5-6,18H2,(H,30,34)/b2-1-. The normalized spacial score (nSPS) is 16.8. The average Bonchev–Trinajstić information content (AvgIpc) is 3.37. The minimum absolute atomic E-state index is 0.354. The summed E-state index contributed by atoms with van der Waals surface area (Å²) in [6.07, 6.45) is 10.6. The number of aldehydes is 1. The first-order valence-corrected chi connectivity index (χ1v) is 11.3. The van der Waals surface area contributed by atoms with E-state index in [2.05, 4.69) is 51.8 Å². The van der Waals surface area contributed by atoms with Crippen LogP contribution in [0.2, 0.25) is 0 Å². The molecule has 0 saturated carbocycles. The fourth-order valence-corrected chi connectivity index (χ4v) is 4.09. The van der Waals surface area contributed by atoms with Crippen molar-refractivity contribution in [3.05, 3.63) is 114 Å². The first-order chi connectivity index (χ1) is 16.7. The van der Waals surface area contributed by atoms with Gasteiger partial charge in [-0.2, -0.15) is 5.10 Å². The highest BCUT2D eigenvalue weighted by molar-refractivity contribution is 5.98. The maximum atomic E-state index is 13.1. The van der Waals surface area contributed by atoms with E-state index in [1.165, 1.54) is 11.1 Å². The van der Waals surface area contributed by atoms with E-state index >= 15 is 0 Å². The molecule has 168 valence electrons. The number of pyridine rings is 1. The zero-order valence-corrected chi connectivity index (χ0v) is 18.6. The first kappa shape index (κ1) is 21.5. The van der Waals surface area contributed by atoms with Gasteiger partial charge in [0, 0.05) is 18.0 Å². The van der Waals surface area contributed by atoms with E-state index in [1.807, 2.05) is 30.3 Å². The van der Waals surface area contributed by atoms with Crippen LogP contribution in [0.3, 0.4) is 0 Å². The Morgan fingerprint density at radius 2 is 1.71 bits per heavy atom. The van der Waals surface area contributed by atoms with Gasteiger partial charge in [0.1, 0.15) is 6.29 Å². The zero-order chi connectivity index (χ0) is 23.3. The number of rotatable bonds is 1. The molecule has 1 unspecified atom stereocenters. The van der Waals surface area contributed by atoms with Gasteiger partial charge in [0.25, 0.3) is 5.91 Å². The first-order valence-electron chi connectivity index (χ1n) is 11.3. The topological polar surface area (TPSA) is 76.9 Å². The molecule has 6 bridgehead atoms. The number of fused-ring (bicyclic) bond motifs is 7. The summed E-state index contributed by atoms with van der Waals surface area (Å²) in [6, 6.07) is 21.1. The molecule has 0 spiro atoms. The summed E-state index contributed by atoms with van der Waals surface area (Å²) in [5.74, 6) is 0.0455. The van der Waals surface area contributed by atoms with Gasteiger partial charge in [0.15, 0.2) is 5.82 Å². The van der Waals surface area contributed by atoms with Gasteiger partial charge in [-0.05, 0) is 60.2 Å². The molecule has 0 saturated heterocycles. The molecule has 0 fully saturated rings. The Labute approximate surface area is 198 Å². The van der Waals surface area contributed by atoms with E-state index in [0.29, 0.717) is 17.8 Å². The van der Waals surface area contributed by atoms with Gasteiger partial charge in [0.2, 0.25) is 0 Å². The number of amides is 1. The minimum atomic E-state index is -0.646. The van der Waals surface area contributed by atoms with Gasteiger partial charge >= 0.3 is 0 Å². The van der Waals surface area contributed by atoms with Crippen molar-refractivity contribution >= 4 is 12.2 Å². The van der Waals surface area contributed by atoms with Crippen LogP contribution in [-0.2, 0) is 24.1 Å². The number of allylic oxidation sites excluding steroid dienone is 2. The molecule has 0 radical (unpaired) electrons. The number of hydrogen-bond donors (Lipinski definition) is 1. The second-order valence-electron chi connectivity index (χ2n) is 8.34. The maximum absolute atomic E-state index is 13.1. The lowest BCUT2D eigenvalue weighted by atomic mass is 10.0. The summed E-state index contributed by atoms with van der Waals surface area (Å²) >= 11 is 0. The Balaban J connectivity index is 1.55. The van der Waals surface area contributed by atoms with E-state index in [1.54, 1.807) is 29.2 Å². The van der Waals surface area contributed by atoms with Gasteiger partial charge in [-0.25, -0.2) is 9.67 Å². The number of nitrogens with one attached hydrogen (secondary N) is 1. The fourth-order valence-electron chi connectivity index (χ4n) is 4.09. The molecule has 4 heterocycles. The van der Waals surface area contributed by atoms with E-state index < -0.39 is 6.04 Å². The Hall–Kier alpha value is -4.32. The molecule has 0 aliphatic carbocycles. The Kier molecular flexibility index (Phi) is 6.12. The molecule has 4 aromatic rings. The van der Waals surface area contributed by atoms with Crippen LogP contribution in [-0.4, -0.2) is 33.0 Å². The van der Waals surface area contributed by atoms with Gasteiger partial charge in [0.05, 0.1) is 17.3 Å². The largest absolute Gasteiger partial charge is 0.342 e. The van der Waals surface area contributed by atoms with Crippen LogP contribution in [0, 0.1) is 0 Å². The number of hydrogen-bond acceptors (Lipinski definition) is 4. The summed E-state index contributed by atoms with van der Waals surface area (Å²) in [4.78, 5) is 29.3. The molecule has 2 aromatic heterocycles. The highest BCUT2D eigenvalue weighted by atomic mass is 16.2. The molecule has 1 N–H and O–H groups in total. The molecule has 2 aliphatic heterocycles. The van der Waals surface area contributed by atoms with E-state index in [4.69, 9.17) is 0 Å². The van der Waals surface area contributed by atoms with Crippen molar-refractivity contribution in [2.24, 2.45) is 0 Å². The molecule has 6 heteroatoms. The van der Waals surface area contributed by atoms with Crippen LogP contribution in [0.1, 0.15) is 27.0 Å². The van der Waals surface area contributed by atoms with Crippen molar-refractivity contribution < 1.29 is 9.59 Å². The third-order valence-corrected chi connectivity index (χ3v) is 5.89.